The van der Waals surface area contributed by atoms with Gasteiger partial charge in [-0.25, -0.2) is 4.68 Å². The summed E-state index contributed by atoms with van der Waals surface area (Å²) in [7, 11) is 1.63. The van der Waals surface area contributed by atoms with Gasteiger partial charge in [-0.2, -0.15) is 0 Å². The van der Waals surface area contributed by atoms with Gasteiger partial charge in [-0.3, -0.25) is 0 Å². The molecule has 0 bridgehead atoms. The molecular formula is C14H14N6O2S. The fourth-order valence-electron chi connectivity index (χ4n) is 2.12. The molecule has 0 atom stereocenters. The SMILES string of the molecule is COc1ccc(-c2nnc(CSc3nnnn3C3CC3)o2)cc1. The summed E-state index contributed by atoms with van der Waals surface area (Å²) in [5.74, 6) is 2.36. The molecule has 9 heteroatoms. The highest BCUT2D eigenvalue weighted by Gasteiger charge is 2.28. The number of tetrazole rings is 1. The Kier molecular flexibility index (Phi) is 3.70. The molecular weight excluding hydrogens is 316 g/mol. The van der Waals surface area contributed by atoms with Crippen LogP contribution in [0.15, 0.2) is 33.8 Å². The molecule has 0 radical (unpaired) electrons. The van der Waals surface area contributed by atoms with Crippen LogP contribution in [0.5, 0.6) is 5.75 Å². The third-order valence-corrected chi connectivity index (χ3v) is 4.40. The van der Waals surface area contributed by atoms with Gasteiger partial charge in [-0.15, -0.1) is 15.3 Å². The number of benzene rings is 1. The van der Waals surface area contributed by atoms with E-state index in [1.54, 1.807) is 7.11 Å². The maximum Gasteiger partial charge on any atom is 0.247 e. The highest BCUT2D eigenvalue weighted by molar-refractivity contribution is 7.98. The van der Waals surface area contributed by atoms with Gasteiger partial charge >= 0.3 is 0 Å². The standard InChI is InChI=1S/C14H14N6O2S/c1-21-11-6-2-9(3-7-11)13-16-15-12(22-13)8-23-14-17-18-19-20(14)10-4-5-10/h2-3,6-7,10H,4-5,8H2,1H3. The monoisotopic (exact) mass is 330 g/mol. The van der Waals surface area contributed by atoms with Crippen molar-refractivity contribution in [3.05, 3.63) is 30.2 Å². The molecule has 0 saturated heterocycles. The Hall–Kier alpha value is -2.42. The summed E-state index contributed by atoms with van der Waals surface area (Å²) in [6.07, 6.45) is 2.28. The zero-order valence-electron chi connectivity index (χ0n) is 12.4. The van der Waals surface area contributed by atoms with E-state index in [-0.39, 0.29) is 0 Å². The van der Waals surface area contributed by atoms with E-state index in [1.165, 1.54) is 11.8 Å². The average Bonchev–Trinajstić information content (AvgIpc) is 3.14. The van der Waals surface area contributed by atoms with Gasteiger partial charge in [0.2, 0.25) is 16.9 Å². The van der Waals surface area contributed by atoms with Crippen molar-refractivity contribution in [3.8, 4) is 17.2 Å². The first-order chi connectivity index (χ1) is 11.3. The summed E-state index contributed by atoms with van der Waals surface area (Å²) in [4.78, 5) is 0. The van der Waals surface area contributed by atoms with Crippen molar-refractivity contribution in [3.63, 3.8) is 0 Å². The largest absolute Gasteiger partial charge is 0.497 e. The molecule has 4 rings (SSSR count). The van der Waals surface area contributed by atoms with E-state index in [9.17, 15) is 0 Å². The lowest BCUT2D eigenvalue weighted by Gasteiger charge is -2.00. The topological polar surface area (TPSA) is 91.8 Å². The molecule has 1 aliphatic rings. The van der Waals surface area contributed by atoms with Gasteiger partial charge in [-0.1, -0.05) is 11.8 Å². The predicted molar refractivity (Wildman–Crippen MR) is 81.9 cm³/mol. The number of hydrogen-bond acceptors (Lipinski definition) is 8. The Morgan fingerprint density at radius 3 is 2.78 bits per heavy atom. The van der Waals surface area contributed by atoms with Gasteiger partial charge in [0.25, 0.3) is 0 Å². The van der Waals surface area contributed by atoms with Crippen LogP contribution in [0.1, 0.15) is 24.8 Å². The number of nitrogens with zero attached hydrogens (tertiary/aromatic N) is 6. The van der Waals surface area contributed by atoms with Gasteiger partial charge in [-0.05, 0) is 47.5 Å². The normalized spacial score (nSPS) is 14.1. The van der Waals surface area contributed by atoms with Crippen LogP contribution < -0.4 is 4.74 Å². The Balaban J connectivity index is 1.44. The van der Waals surface area contributed by atoms with Crippen molar-refractivity contribution in [2.24, 2.45) is 0 Å². The van der Waals surface area contributed by atoms with Crippen LogP contribution in [0.25, 0.3) is 11.5 Å². The molecule has 2 aromatic heterocycles. The first-order valence-electron chi connectivity index (χ1n) is 7.21. The molecule has 0 amide bonds. The average molecular weight is 330 g/mol. The molecule has 118 valence electrons. The highest BCUT2D eigenvalue weighted by atomic mass is 32.2. The highest BCUT2D eigenvalue weighted by Crippen LogP contribution is 2.36. The van der Waals surface area contributed by atoms with E-state index < -0.39 is 0 Å². The Morgan fingerprint density at radius 1 is 1.22 bits per heavy atom. The minimum atomic E-state index is 0.449. The summed E-state index contributed by atoms with van der Waals surface area (Å²) in [5.41, 5.74) is 0.859. The van der Waals surface area contributed by atoms with E-state index in [0.29, 0.717) is 23.6 Å². The van der Waals surface area contributed by atoms with E-state index in [1.807, 2.05) is 28.9 Å². The molecule has 0 unspecified atom stereocenters. The van der Waals surface area contributed by atoms with Crippen molar-refractivity contribution in [1.82, 2.24) is 30.4 Å². The van der Waals surface area contributed by atoms with E-state index in [2.05, 4.69) is 25.7 Å². The molecule has 1 saturated carbocycles. The molecule has 1 aromatic carbocycles. The maximum absolute atomic E-state index is 5.70. The maximum atomic E-state index is 5.70. The second-order valence-corrected chi connectivity index (χ2v) is 6.10. The summed E-state index contributed by atoms with van der Waals surface area (Å²) < 4.78 is 12.7. The van der Waals surface area contributed by atoms with Crippen molar-refractivity contribution in [2.45, 2.75) is 29.8 Å². The third-order valence-electron chi connectivity index (χ3n) is 3.48. The van der Waals surface area contributed by atoms with Crippen LogP contribution in [0.2, 0.25) is 0 Å². The minimum Gasteiger partial charge on any atom is -0.497 e. The smallest absolute Gasteiger partial charge is 0.247 e. The second kappa shape index (κ2) is 5.99. The Morgan fingerprint density at radius 2 is 2.04 bits per heavy atom. The van der Waals surface area contributed by atoms with Crippen molar-refractivity contribution in [2.75, 3.05) is 7.11 Å². The van der Waals surface area contributed by atoms with Gasteiger partial charge in [0, 0.05) is 5.56 Å². The molecule has 0 N–H and O–H groups in total. The fourth-order valence-corrected chi connectivity index (χ4v) is 2.90. The number of ether oxygens (including phenoxy) is 1. The zero-order chi connectivity index (χ0) is 15.6. The predicted octanol–water partition coefficient (Wildman–Crippen LogP) is 2.36. The van der Waals surface area contributed by atoms with Gasteiger partial charge in [0.15, 0.2) is 0 Å². The molecule has 0 spiro atoms. The third kappa shape index (κ3) is 3.04. The summed E-state index contributed by atoms with van der Waals surface area (Å²) in [5, 5.41) is 20.7. The lowest BCUT2D eigenvalue weighted by atomic mass is 10.2. The van der Waals surface area contributed by atoms with E-state index in [4.69, 9.17) is 9.15 Å². The number of methoxy groups -OCH3 is 1. The number of aromatic nitrogens is 6. The van der Waals surface area contributed by atoms with Crippen LogP contribution >= 0.6 is 11.8 Å². The minimum absolute atomic E-state index is 0.449. The summed E-state index contributed by atoms with van der Waals surface area (Å²) >= 11 is 1.50. The van der Waals surface area contributed by atoms with Crippen LogP contribution in [-0.4, -0.2) is 37.5 Å². The van der Waals surface area contributed by atoms with E-state index in [0.717, 1.165) is 29.3 Å². The van der Waals surface area contributed by atoms with Crippen LogP contribution in [0.3, 0.4) is 0 Å². The summed E-state index contributed by atoms with van der Waals surface area (Å²) in [6.45, 7) is 0. The number of thioether (sulfide) groups is 1. The van der Waals surface area contributed by atoms with Gasteiger partial charge in [0.1, 0.15) is 5.75 Å². The molecule has 23 heavy (non-hydrogen) atoms. The van der Waals surface area contributed by atoms with Crippen LogP contribution in [0.4, 0.5) is 0 Å². The first kappa shape index (κ1) is 14.2. The molecule has 0 aliphatic heterocycles. The molecule has 8 nitrogen and oxygen atoms in total. The molecule has 2 heterocycles. The van der Waals surface area contributed by atoms with Crippen LogP contribution in [0, 0.1) is 0 Å². The van der Waals surface area contributed by atoms with Crippen molar-refractivity contribution < 1.29 is 9.15 Å². The lowest BCUT2D eigenvalue weighted by molar-refractivity contribution is 0.415. The Bertz CT molecular complexity index is 796. The van der Waals surface area contributed by atoms with Gasteiger partial charge in [0.05, 0.1) is 18.9 Å². The van der Waals surface area contributed by atoms with Crippen molar-refractivity contribution in [1.29, 1.82) is 0 Å². The molecule has 3 aromatic rings. The first-order valence-corrected chi connectivity index (χ1v) is 8.19. The Labute approximate surface area is 136 Å². The van der Waals surface area contributed by atoms with Crippen molar-refractivity contribution >= 4 is 11.8 Å². The quantitative estimate of drug-likeness (QED) is 0.636. The van der Waals surface area contributed by atoms with Crippen LogP contribution in [-0.2, 0) is 5.75 Å². The number of hydrogen-bond donors (Lipinski definition) is 0. The van der Waals surface area contributed by atoms with E-state index >= 15 is 0 Å². The van der Waals surface area contributed by atoms with Gasteiger partial charge < -0.3 is 9.15 Å². The molecule has 1 aliphatic carbocycles. The molecule has 1 fully saturated rings. The number of rotatable bonds is 6. The second-order valence-electron chi connectivity index (χ2n) is 5.16. The zero-order valence-corrected chi connectivity index (χ0v) is 13.2. The summed E-state index contributed by atoms with van der Waals surface area (Å²) in [6, 6.07) is 7.94. The lowest BCUT2D eigenvalue weighted by Crippen LogP contribution is -1.98. The fraction of sp³-hybridized carbons (Fsp3) is 0.357.